The smallest absolute Gasteiger partial charge is 0.246 e. The van der Waals surface area contributed by atoms with Gasteiger partial charge in [0.2, 0.25) is 11.8 Å². The van der Waals surface area contributed by atoms with Gasteiger partial charge < -0.3 is 10.2 Å². The van der Waals surface area contributed by atoms with E-state index in [0.29, 0.717) is 25.4 Å². The number of hydrogen-bond donors (Lipinski definition) is 1. The molecule has 21 heavy (non-hydrogen) atoms. The molecule has 2 atom stereocenters. The van der Waals surface area contributed by atoms with Crippen LogP contribution in [0.3, 0.4) is 0 Å². The van der Waals surface area contributed by atoms with Crippen LogP contribution >= 0.6 is 0 Å². The highest BCUT2D eigenvalue weighted by Gasteiger charge is 2.46. The normalized spacial score (nSPS) is 26.1. The van der Waals surface area contributed by atoms with Crippen LogP contribution in [-0.2, 0) is 22.7 Å². The van der Waals surface area contributed by atoms with Gasteiger partial charge in [-0.25, -0.2) is 9.67 Å². The summed E-state index contributed by atoms with van der Waals surface area (Å²) in [4.78, 5) is 30.9. The van der Waals surface area contributed by atoms with Crippen molar-refractivity contribution in [1.82, 2.24) is 25.0 Å². The third kappa shape index (κ3) is 2.52. The van der Waals surface area contributed by atoms with Crippen LogP contribution in [-0.4, -0.2) is 43.6 Å². The molecule has 0 bridgehead atoms. The maximum absolute atomic E-state index is 12.7. The molecule has 114 valence electrons. The number of aryl methyl sites for hydroxylation is 1. The first-order valence-corrected chi connectivity index (χ1v) is 7.63. The Labute approximate surface area is 123 Å². The Balaban J connectivity index is 1.84. The van der Waals surface area contributed by atoms with Crippen molar-refractivity contribution in [3.63, 3.8) is 0 Å². The lowest BCUT2D eigenvalue weighted by molar-refractivity contribution is -0.151. The third-order valence-corrected chi connectivity index (χ3v) is 4.31. The third-order valence-electron chi connectivity index (χ3n) is 4.31. The van der Waals surface area contributed by atoms with Crippen LogP contribution in [0.25, 0.3) is 0 Å². The molecule has 1 aliphatic heterocycles. The van der Waals surface area contributed by atoms with E-state index in [4.69, 9.17) is 0 Å². The van der Waals surface area contributed by atoms with Gasteiger partial charge in [-0.1, -0.05) is 6.92 Å². The van der Waals surface area contributed by atoms with E-state index in [9.17, 15) is 9.59 Å². The SMILES string of the molecule is CCC1C(=O)NC(C2CC2)C(=O)N1Cc1ncnn1CC. The zero-order valence-corrected chi connectivity index (χ0v) is 12.5. The Kier molecular flexibility index (Phi) is 3.65. The molecule has 1 N–H and O–H groups in total. The molecule has 7 nitrogen and oxygen atoms in total. The molecule has 1 aromatic rings. The Morgan fingerprint density at radius 1 is 1.33 bits per heavy atom. The van der Waals surface area contributed by atoms with Crippen LogP contribution < -0.4 is 5.32 Å². The number of aromatic nitrogens is 3. The molecule has 7 heteroatoms. The fourth-order valence-electron chi connectivity index (χ4n) is 2.95. The summed E-state index contributed by atoms with van der Waals surface area (Å²) in [6.45, 7) is 4.95. The fraction of sp³-hybridized carbons (Fsp3) is 0.714. The van der Waals surface area contributed by atoms with Gasteiger partial charge in [-0.2, -0.15) is 5.10 Å². The van der Waals surface area contributed by atoms with Crippen LogP contribution in [0.15, 0.2) is 6.33 Å². The average Bonchev–Trinajstić information content (AvgIpc) is 3.22. The minimum atomic E-state index is -0.408. The van der Waals surface area contributed by atoms with E-state index in [0.717, 1.165) is 18.7 Å². The van der Waals surface area contributed by atoms with Crippen LogP contribution in [0, 0.1) is 5.92 Å². The molecule has 2 fully saturated rings. The maximum atomic E-state index is 12.7. The van der Waals surface area contributed by atoms with E-state index in [-0.39, 0.29) is 17.9 Å². The molecule has 1 aromatic heterocycles. The van der Waals surface area contributed by atoms with Crippen LogP contribution in [0.5, 0.6) is 0 Å². The maximum Gasteiger partial charge on any atom is 0.246 e. The zero-order chi connectivity index (χ0) is 15.0. The van der Waals surface area contributed by atoms with E-state index in [1.165, 1.54) is 6.33 Å². The van der Waals surface area contributed by atoms with Crippen molar-refractivity contribution in [2.75, 3.05) is 0 Å². The lowest BCUT2D eigenvalue weighted by Crippen LogP contribution is -2.63. The molecule has 2 aliphatic rings. The van der Waals surface area contributed by atoms with Crippen molar-refractivity contribution in [2.24, 2.45) is 5.92 Å². The van der Waals surface area contributed by atoms with Gasteiger partial charge >= 0.3 is 0 Å². The first kappa shape index (κ1) is 14.0. The lowest BCUT2D eigenvalue weighted by atomic mass is 10.0. The standard InChI is InChI=1S/C14H21N5O2/c1-3-10-13(20)17-12(9-5-6-9)14(21)18(10)7-11-15-8-16-19(11)4-2/h8-10,12H,3-7H2,1-2H3,(H,17,20). The van der Waals surface area contributed by atoms with Crippen molar-refractivity contribution in [3.8, 4) is 0 Å². The number of rotatable bonds is 5. The molecule has 0 radical (unpaired) electrons. The Hall–Kier alpha value is -1.92. The predicted octanol–water partition coefficient (Wildman–Crippen LogP) is 0.314. The molecule has 1 saturated heterocycles. The Morgan fingerprint density at radius 2 is 2.10 bits per heavy atom. The van der Waals surface area contributed by atoms with Gasteiger partial charge in [0.1, 0.15) is 24.2 Å². The van der Waals surface area contributed by atoms with Crippen molar-refractivity contribution in [2.45, 2.75) is 58.3 Å². The van der Waals surface area contributed by atoms with E-state index in [1.54, 1.807) is 9.58 Å². The summed E-state index contributed by atoms with van der Waals surface area (Å²) in [5.74, 6) is 1.02. The summed E-state index contributed by atoms with van der Waals surface area (Å²) in [6.07, 6.45) is 4.14. The van der Waals surface area contributed by atoms with E-state index >= 15 is 0 Å². The van der Waals surface area contributed by atoms with E-state index < -0.39 is 6.04 Å². The molecule has 2 amide bonds. The number of carbonyl (C=O) groups excluding carboxylic acids is 2. The number of nitrogens with zero attached hydrogens (tertiary/aromatic N) is 4. The van der Waals surface area contributed by atoms with Gasteiger partial charge in [-0.3, -0.25) is 9.59 Å². The van der Waals surface area contributed by atoms with Gasteiger partial charge in [0.05, 0.1) is 6.54 Å². The van der Waals surface area contributed by atoms with Gasteiger partial charge in [0.25, 0.3) is 0 Å². The second-order valence-corrected chi connectivity index (χ2v) is 5.71. The van der Waals surface area contributed by atoms with E-state index in [2.05, 4.69) is 15.4 Å². The minimum Gasteiger partial charge on any atom is -0.342 e. The monoisotopic (exact) mass is 291 g/mol. The number of hydrogen-bond acceptors (Lipinski definition) is 4. The average molecular weight is 291 g/mol. The predicted molar refractivity (Wildman–Crippen MR) is 75.0 cm³/mol. The zero-order valence-electron chi connectivity index (χ0n) is 12.5. The summed E-state index contributed by atoms with van der Waals surface area (Å²) in [5, 5.41) is 7.02. The summed E-state index contributed by atoms with van der Waals surface area (Å²) in [7, 11) is 0. The first-order chi connectivity index (χ1) is 10.2. The number of amides is 2. The van der Waals surface area contributed by atoms with Gasteiger partial charge in [-0.05, 0) is 32.1 Å². The molecule has 2 heterocycles. The highest BCUT2D eigenvalue weighted by molar-refractivity contribution is 5.97. The molecule has 0 aromatic carbocycles. The van der Waals surface area contributed by atoms with Crippen LogP contribution in [0.4, 0.5) is 0 Å². The van der Waals surface area contributed by atoms with Gasteiger partial charge in [0, 0.05) is 6.54 Å². The molecule has 2 unspecified atom stereocenters. The van der Waals surface area contributed by atoms with Crippen molar-refractivity contribution in [1.29, 1.82) is 0 Å². The first-order valence-electron chi connectivity index (χ1n) is 7.63. The Morgan fingerprint density at radius 3 is 2.71 bits per heavy atom. The highest BCUT2D eigenvalue weighted by Crippen LogP contribution is 2.35. The molecule has 3 rings (SSSR count). The van der Waals surface area contributed by atoms with Crippen molar-refractivity contribution >= 4 is 11.8 Å². The number of carbonyl (C=O) groups is 2. The lowest BCUT2D eigenvalue weighted by Gasteiger charge is -2.38. The largest absolute Gasteiger partial charge is 0.342 e. The molecule has 0 spiro atoms. The van der Waals surface area contributed by atoms with Crippen molar-refractivity contribution in [3.05, 3.63) is 12.2 Å². The second kappa shape index (κ2) is 5.46. The second-order valence-electron chi connectivity index (χ2n) is 5.71. The fourth-order valence-corrected chi connectivity index (χ4v) is 2.95. The number of piperazine rings is 1. The van der Waals surface area contributed by atoms with E-state index in [1.807, 2.05) is 13.8 Å². The molecular weight excluding hydrogens is 270 g/mol. The summed E-state index contributed by atoms with van der Waals surface area (Å²) in [6, 6.07) is -0.757. The van der Waals surface area contributed by atoms with Crippen molar-refractivity contribution < 1.29 is 9.59 Å². The van der Waals surface area contributed by atoms with Gasteiger partial charge in [-0.15, -0.1) is 0 Å². The summed E-state index contributed by atoms with van der Waals surface area (Å²) < 4.78 is 1.76. The summed E-state index contributed by atoms with van der Waals surface area (Å²) >= 11 is 0. The summed E-state index contributed by atoms with van der Waals surface area (Å²) in [5.41, 5.74) is 0. The minimum absolute atomic E-state index is 0.0228. The number of nitrogens with one attached hydrogen (secondary N) is 1. The topological polar surface area (TPSA) is 80.1 Å². The van der Waals surface area contributed by atoms with Crippen LogP contribution in [0.2, 0.25) is 0 Å². The van der Waals surface area contributed by atoms with Gasteiger partial charge in [0.15, 0.2) is 0 Å². The molecule has 1 saturated carbocycles. The molecule has 1 aliphatic carbocycles. The van der Waals surface area contributed by atoms with Crippen LogP contribution in [0.1, 0.15) is 38.9 Å². The molecular formula is C14H21N5O2. The Bertz CT molecular complexity index is 551. The quantitative estimate of drug-likeness (QED) is 0.847. The highest BCUT2D eigenvalue weighted by atomic mass is 16.2.